The molecule has 1 aromatic heterocycles. The Morgan fingerprint density at radius 1 is 1.18 bits per heavy atom. The molecule has 0 unspecified atom stereocenters. The van der Waals surface area contributed by atoms with Gasteiger partial charge in [-0.25, -0.2) is 9.18 Å². The van der Waals surface area contributed by atoms with Crippen LogP contribution in [0.15, 0.2) is 41.2 Å². The highest BCUT2D eigenvalue weighted by atomic mass is 19.1. The Hall–Kier alpha value is -3.49. The maximum absolute atomic E-state index is 15.2. The average molecular weight is 446 g/mol. The van der Waals surface area contributed by atoms with Gasteiger partial charge in [0.2, 0.25) is 0 Å². The number of ether oxygens (including phenoxy) is 1. The van der Waals surface area contributed by atoms with Crippen LogP contribution in [0.3, 0.4) is 0 Å². The smallest absolute Gasteiger partial charge is 0.348 e. The fourth-order valence-corrected chi connectivity index (χ4v) is 3.81. The first kappa shape index (κ1) is 23.7. The van der Waals surface area contributed by atoms with Crippen molar-refractivity contribution in [3.8, 4) is 17.9 Å². The molecule has 10 heteroatoms. The van der Waals surface area contributed by atoms with Gasteiger partial charge < -0.3 is 14.2 Å². The second-order valence-corrected chi connectivity index (χ2v) is 8.57. The van der Waals surface area contributed by atoms with Crippen LogP contribution in [0.4, 0.5) is 15.9 Å². The number of nitrogens with zero attached hydrogens (tertiary/aromatic N) is 4. The van der Waals surface area contributed by atoms with E-state index in [2.05, 4.69) is 22.9 Å². The van der Waals surface area contributed by atoms with Gasteiger partial charge in [0.05, 0.1) is 53.7 Å². The minimum Gasteiger partial charge on any atom is -0.375 e. The Labute approximate surface area is 201 Å². The van der Waals surface area contributed by atoms with Gasteiger partial charge in [0, 0.05) is 23.4 Å². The van der Waals surface area contributed by atoms with Gasteiger partial charge in [0.1, 0.15) is 11.2 Å². The molecule has 2 heterocycles. The van der Waals surface area contributed by atoms with Crippen LogP contribution in [-0.4, -0.2) is 46.2 Å². The van der Waals surface area contributed by atoms with E-state index in [4.69, 9.17) is 28.3 Å². The Kier molecular flexibility index (Phi) is 6.06. The van der Waals surface area contributed by atoms with Crippen molar-refractivity contribution in [2.24, 2.45) is 5.41 Å². The van der Waals surface area contributed by atoms with Crippen LogP contribution in [0.25, 0.3) is 10.9 Å². The van der Waals surface area contributed by atoms with Gasteiger partial charge in [-0.05, 0) is 38.1 Å². The summed E-state index contributed by atoms with van der Waals surface area (Å²) in [4.78, 5) is 18.8. The maximum Gasteiger partial charge on any atom is 0.348 e. The number of hydrogen-bond acceptors (Lipinski definition) is 5. The van der Waals surface area contributed by atoms with Crippen LogP contribution in [0, 0.1) is 34.4 Å². The highest BCUT2D eigenvalue weighted by Gasteiger charge is 2.27. The number of rotatable bonds is 2. The quantitative estimate of drug-likeness (QED) is 0.446. The minimum atomic E-state index is -2.08. The van der Waals surface area contributed by atoms with Gasteiger partial charge >= 0.3 is 5.69 Å². The molecule has 0 aliphatic carbocycles. The number of aromatic nitrogens is 2. The topological polar surface area (TPSA) is 71.2 Å². The van der Waals surface area contributed by atoms with E-state index in [9.17, 15) is 10.1 Å². The normalized spacial score (nSPS) is 14.0. The van der Waals surface area contributed by atoms with Crippen molar-refractivity contribution in [3.63, 3.8) is 0 Å². The van der Waals surface area contributed by atoms with E-state index in [0.29, 0.717) is 24.4 Å². The van der Waals surface area contributed by atoms with E-state index in [1.165, 1.54) is 18.2 Å². The first-order valence-corrected chi connectivity index (χ1v) is 10.5. The highest BCUT2D eigenvalue weighted by Crippen LogP contribution is 2.36. The number of anilines is 2. The van der Waals surface area contributed by atoms with Crippen molar-refractivity contribution in [2.45, 2.75) is 25.7 Å². The van der Waals surface area contributed by atoms with Gasteiger partial charge in [-0.1, -0.05) is 29.2 Å². The van der Waals surface area contributed by atoms with E-state index >= 15 is 4.39 Å². The molecule has 1 aliphatic rings. The van der Waals surface area contributed by atoms with E-state index in [1.807, 2.05) is 12.1 Å². The first-order chi connectivity index (χ1) is 16.0. The molecule has 6 radical (unpaired) electrons. The Morgan fingerprint density at radius 2 is 1.91 bits per heavy atom. The Bertz CT molecular complexity index is 1450. The third kappa shape index (κ3) is 4.34. The zero-order valence-electron chi connectivity index (χ0n) is 18.8. The number of hydrogen-bond donors (Lipinski definition) is 0. The summed E-state index contributed by atoms with van der Waals surface area (Å²) in [6.07, 6.45) is 0. The molecule has 0 N–H and O–H groups in total. The van der Waals surface area contributed by atoms with E-state index in [-0.39, 0.29) is 23.3 Å². The summed E-state index contributed by atoms with van der Waals surface area (Å²) in [6.45, 7) is 4.29. The van der Waals surface area contributed by atoms with Crippen molar-refractivity contribution in [3.05, 3.63) is 63.8 Å². The van der Waals surface area contributed by atoms with Crippen molar-refractivity contribution >= 4 is 45.9 Å². The molecule has 0 bridgehead atoms. The third-order valence-corrected chi connectivity index (χ3v) is 5.43. The van der Waals surface area contributed by atoms with Gasteiger partial charge in [0.25, 0.3) is 0 Å². The summed E-state index contributed by atoms with van der Waals surface area (Å²) in [5.74, 6) is 5.51. The van der Waals surface area contributed by atoms with Gasteiger partial charge in [-0.2, -0.15) is 10.2 Å². The summed E-state index contributed by atoms with van der Waals surface area (Å²) < 4.78 is 21.8. The minimum absolute atomic E-state index is 0.0442. The van der Waals surface area contributed by atoms with Gasteiger partial charge in [-0.15, -0.1) is 0 Å². The van der Waals surface area contributed by atoms with Gasteiger partial charge in [-0.3, -0.25) is 0 Å². The Morgan fingerprint density at radius 3 is 2.62 bits per heavy atom. The summed E-state index contributed by atoms with van der Waals surface area (Å²) in [6, 6.07) is 11.8. The second-order valence-electron chi connectivity index (χ2n) is 8.57. The molecule has 6 nitrogen and oxygen atoms in total. The van der Waals surface area contributed by atoms with Crippen molar-refractivity contribution in [1.29, 1.82) is 5.26 Å². The van der Waals surface area contributed by atoms with Gasteiger partial charge in [0.15, 0.2) is 5.82 Å². The highest BCUT2D eigenvalue weighted by molar-refractivity contribution is 6.56. The predicted octanol–water partition coefficient (Wildman–Crippen LogP) is 2.18. The molecule has 4 rings (SSSR count). The molecule has 3 aromatic rings. The fraction of sp³-hybridized carbons (Fsp3) is 0.292. The average Bonchev–Trinajstić information content (AvgIpc) is 2.99. The number of fused-ring (bicyclic) bond motifs is 2. The number of benzene rings is 2. The SMILES string of the molecule is [B]C([B])([B])n1c(=O)nc(N2CCOCc3c(C#CC(C)(C)C#N)cccc32)c2c(F)cccc21. The monoisotopic (exact) mass is 446 g/mol. The molecule has 34 heavy (non-hydrogen) atoms. The molecule has 0 atom stereocenters. The molecule has 0 spiro atoms. The van der Waals surface area contributed by atoms with Crippen molar-refractivity contribution in [1.82, 2.24) is 9.55 Å². The predicted molar refractivity (Wildman–Crippen MR) is 131 cm³/mol. The van der Waals surface area contributed by atoms with E-state index in [0.717, 1.165) is 10.1 Å². The van der Waals surface area contributed by atoms with Crippen molar-refractivity contribution < 1.29 is 9.13 Å². The Balaban J connectivity index is 1.99. The second kappa shape index (κ2) is 8.70. The zero-order chi connectivity index (χ0) is 24.7. The molecule has 2 aromatic carbocycles. The lowest BCUT2D eigenvalue weighted by Gasteiger charge is -2.29. The third-order valence-electron chi connectivity index (χ3n) is 5.43. The molecular formula is C24H18B3FN4O2. The lowest BCUT2D eigenvalue weighted by molar-refractivity contribution is 0.133. The first-order valence-electron chi connectivity index (χ1n) is 10.5. The van der Waals surface area contributed by atoms with Crippen molar-refractivity contribution in [2.75, 3.05) is 18.1 Å². The van der Waals surface area contributed by atoms with E-state index < -0.39 is 22.2 Å². The maximum atomic E-state index is 15.2. The van der Waals surface area contributed by atoms with Crippen LogP contribution < -0.4 is 10.6 Å². The summed E-state index contributed by atoms with van der Waals surface area (Å²) >= 11 is 0. The number of nitriles is 1. The molecule has 0 fully saturated rings. The summed E-state index contributed by atoms with van der Waals surface area (Å²) in [5.41, 5.74) is 0.518. The zero-order valence-corrected chi connectivity index (χ0v) is 18.8. The van der Waals surface area contributed by atoms with Crippen LogP contribution in [0.5, 0.6) is 0 Å². The fourth-order valence-electron chi connectivity index (χ4n) is 3.81. The molecule has 1 aliphatic heterocycles. The summed E-state index contributed by atoms with van der Waals surface area (Å²) in [7, 11) is 17.4. The molecule has 0 saturated heterocycles. The molecule has 162 valence electrons. The van der Waals surface area contributed by atoms with Crippen LogP contribution >= 0.6 is 0 Å². The standard InChI is InChI=1S/C24H18B3FN4O2/c1-23(2,14-29)10-9-15-5-3-7-18-16(15)13-34-12-11-31(18)21-20-17(28)6-4-8-19(20)32(22(33)30-21)24(25,26)27/h3-8H,11-13H2,1-2H3. The largest absolute Gasteiger partial charge is 0.375 e. The number of halogens is 1. The summed E-state index contributed by atoms with van der Waals surface area (Å²) in [5, 5.41) is 7.26. The lowest BCUT2D eigenvalue weighted by Crippen LogP contribution is -2.44. The lowest BCUT2D eigenvalue weighted by atomic mass is 9.49. The van der Waals surface area contributed by atoms with E-state index in [1.54, 1.807) is 24.8 Å². The van der Waals surface area contributed by atoms with Crippen LogP contribution in [0.2, 0.25) is 0 Å². The van der Waals surface area contributed by atoms with Crippen LogP contribution in [-0.2, 0) is 16.6 Å². The molecule has 0 amide bonds. The molecular weight excluding hydrogens is 428 g/mol. The van der Waals surface area contributed by atoms with Crippen LogP contribution in [0.1, 0.15) is 25.0 Å². The molecule has 0 saturated carbocycles.